The minimum absolute atomic E-state index is 0.112. The highest BCUT2D eigenvalue weighted by molar-refractivity contribution is 5.79. The van der Waals surface area contributed by atoms with Crippen LogP contribution < -0.4 is 21.6 Å². The number of fused-ring (bicyclic) bond motifs is 1. The lowest BCUT2D eigenvalue weighted by Gasteiger charge is -2.42. The van der Waals surface area contributed by atoms with Gasteiger partial charge in [-0.1, -0.05) is 12.8 Å². The minimum atomic E-state index is -0.112. The van der Waals surface area contributed by atoms with E-state index in [4.69, 9.17) is 9.57 Å². The molecule has 5 unspecified atom stereocenters. The van der Waals surface area contributed by atoms with E-state index < -0.39 is 0 Å². The fourth-order valence-corrected chi connectivity index (χ4v) is 7.06. The zero-order chi connectivity index (χ0) is 24.9. The highest BCUT2D eigenvalue weighted by atomic mass is 16.7. The van der Waals surface area contributed by atoms with Gasteiger partial charge in [0.05, 0.1) is 12.3 Å². The van der Waals surface area contributed by atoms with Crippen LogP contribution in [0.15, 0.2) is 0 Å². The molecule has 3 heterocycles. The van der Waals surface area contributed by atoms with Gasteiger partial charge < -0.3 is 9.64 Å². The van der Waals surface area contributed by atoms with Crippen LogP contribution in [0.3, 0.4) is 0 Å². The number of hydrogen-bond acceptors (Lipinski definition) is 8. The highest BCUT2D eigenvalue weighted by Gasteiger charge is 2.40. The molecule has 0 aromatic rings. The van der Waals surface area contributed by atoms with E-state index in [1.165, 1.54) is 6.42 Å². The average Bonchev–Trinajstić information content (AvgIpc) is 3.27. The molecule has 5 aliphatic rings. The van der Waals surface area contributed by atoms with E-state index in [0.29, 0.717) is 36.8 Å². The van der Waals surface area contributed by atoms with E-state index >= 15 is 0 Å². The van der Waals surface area contributed by atoms with Gasteiger partial charge in [-0.3, -0.25) is 30.1 Å². The lowest BCUT2D eigenvalue weighted by molar-refractivity contribution is -0.134. The van der Waals surface area contributed by atoms with Gasteiger partial charge in [0.2, 0.25) is 11.8 Å². The van der Waals surface area contributed by atoms with Gasteiger partial charge in [-0.2, -0.15) is 5.48 Å². The lowest BCUT2D eigenvalue weighted by Crippen LogP contribution is -2.62. The second-order valence-corrected chi connectivity index (χ2v) is 11.5. The van der Waals surface area contributed by atoms with Crippen molar-refractivity contribution in [1.29, 1.82) is 0 Å². The number of methoxy groups -OCH3 is 1. The first-order valence-corrected chi connectivity index (χ1v) is 14.4. The molecule has 5 rings (SSSR count). The summed E-state index contributed by atoms with van der Waals surface area (Å²) >= 11 is 0. The van der Waals surface area contributed by atoms with Crippen molar-refractivity contribution < 1.29 is 19.2 Å². The Morgan fingerprint density at radius 1 is 1.03 bits per heavy atom. The van der Waals surface area contributed by atoms with Gasteiger partial charge in [0.15, 0.2) is 0 Å². The van der Waals surface area contributed by atoms with Crippen LogP contribution in [0.5, 0.6) is 0 Å². The third kappa shape index (κ3) is 6.39. The van der Waals surface area contributed by atoms with Gasteiger partial charge in [0, 0.05) is 51.7 Å². The van der Waals surface area contributed by atoms with E-state index in [2.05, 4.69) is 26.5 Å². The first-order valence-electron chi connectivity index (χ1n) is 14.4. The maximum absolute atomic E-state index is 13.0. The number of ether oxygens (including phenoxy) is 1. The Kier molecular flexibility index (Phi) is 9.13. The summed E-state index contributed by atoms with van der Waals surface area (Å²) in [7, 11) is 1.80. The third-order valence-electron chi connectivity index (χ3n) is 9.30. The molecule has 36 heavy (non-hydrogen) atoms. The summed E-state index contributed by atoms with van der Waals surface area (Å²) in [6.07, 6.45) is 11.6. The molecular weight excluding hydrogens is 460 g/mol. The van der Waals surface area contributed by atoms with Gasteiger partial charge in [-0.05, 0) is 69.7 Å². The van der Waals surface area contributed by atoms with Crippen molar-refractivity contribution in [2.75, 3.05) is 39.8 Å². The van der Waals surface area contributed by atoms with Crippen molar-refractivity contribution in [2.24, 2.45) is 17.8 Å². The Morgan fingerprint density at radius 3 is 2.69 bits per heavy atom. The molecule has 2 aliphatic carbocycles. The second-order valence-electron chi connectivity index (χ2n) is 11.5. The quantitative estimate of drug-likeness (QED) is 0.407. The first-order chi connectivity index (χ1) is 17.6. The smallest absolute Gasteiger partial charge is 0.237 e. The van der Waals surface area contributed by atoms with E-state index in [9.17, 15) is 9.59 Å². The molecular formula is C26H46N6O4. The molecule has 0 bridgehead atoms. The minimum Gasteiger partial charge on any atom is -0.381 e. The molecule has 0 radical (unpaired) electrons. The topological polar surface area (TPSA) is 107 Å². The zero-order valence-electron chi connectivity index (χ0n) is 21.9. The van der Waals surface area contributed by atoms with Crippen LogP contribution in [0.1, 0.15) is 70.6 Å². The number of hydrogen-bond donors (Lipinski definition) is 4. The van der Waals surface area contributed by atoms with E-state index in [1.54, 1.807) is 7.11 Å². The summed E-state index contributed by atoms with van der Waals surface area (Å²) in [4.78, 5) is 35.6. The lowest BCUT2D eigenvalue weighted by atomic mass is 9.74. The molecule has 0 aromatic carbocycles. The van der Waals surface area contributed by atoms with Crippen molar-refractivity contribution in [3.8, 4) is 0 Å². The molecule has 10 heteroatoms. The maximum Gasteiger partial charge on any atom is 0.237 e. The average molecular weight is 507 g/mol. The number of nitrogens with zero attached hydrogens (tertiary/aromatic N) is 2. The SMILES string of the molecule is COC1CCC(C2NOC(CCC(=O)N3CCCN(CC4NNC(=O)C5CCCCC45)CC3)N2)CC1. The van der Waals surface area contributed by atoms with Crippen molar-refractivity contribution in [3.05, 3.63) is 0 Å². The number of carbonyl (C=O) groups is 2. The van der Waals surface area contributed by atoms with Crippen LogP contribution in [0, 0.1) is 17.8 Å². The van der Waals surface area contributed by atoms with Gasteiger partial charge >= 0.3 is 0 Å². The van der Waals surface area contributed by atoms with Crippen molar-refractivity contribution in [3.63, 3.8) is 0 Å². The Labute approximate surface area is 215 Å². The number of hydrazine groups is 1. The summed E-state index contributed by atoms with van der Waals surface area (Å²) in [6, 6.07) is 0.297. The molecule has 4 N–H and O–H groups in total. The van der Waals surface area contributed by atoms with E-state index in [0.717, 1.165) is 84.1 Å². The molecule has 3 aliphatic heterocycles. The number of amides is 2. The fraction of sp³-hybridized carbons (Fsp3) is 0.923. The Balaban J connectivity index is 1.02. The largest absolute Gasteiger partial charge is 0.381 e. The third-order valence-corrected chi connectivity index (χ3v) is 9.30. The van der Waals surface area contributed by atoms with E-state index in [1.807, 2.05) is 4.90 Å². The predicted molar refractivity (Wildman–Crippen MR) is 135 cm³/mol. The fourth-order valence-electron chi connectivity index (χ4n) is 7.06. The van der Waals surface area contributed by atoms with Crippen molar-refractivity contribution in [1.82, 2.24) is 31.4 Å². The van der Waals surface area contributed by atoms with Gasteiger partial charge in [-0.25, -0.2) is 5.43 Å². The van der Waals surface area contributed by atoms with Crippen LogP contribution in [-0.2, 0) is 19.2 Å². The normalized spacial score (nSPS) is 38.3. The Bertz CT molecular complexity index is 748. The van der Waals surface area contributed by atoms with Gasteiger partial charge in [-0.15, -0.1) is 0 Å². The first kappa shape index (κ1) is 26.3. The van der Waals surface area contributed by atoms with Crippen LogP contribution in [-0.4, -0.2) is 86.0 Å². The molecule has 5 atom stereocenters. The van der Waals surface area contributed by atoms with Crippen LogP contribution in [0.25, 0.3) is 0 Å². The molecule has 5 fully saturated rings. The standard InChI is InChI=1S/C26H46N6O4/c1-35-19-9-7-18(8-10-19)25-27-23(36-30-25)11-12-24(33)32-14-4-13-31(15-16-32)17-22-20-5-2-3-6-21(20)26(34)29-28-22/h18-23,25,27-28,30H,2-17H2,1H3,(H,29,34). The highest BCUT2D eigenvalue weighted by Crippen LogP contribution is 2.34. The van der Waals surface area contributed by atoms with Gasteiger partial charge in [0.1, 0.15) is 6.23 Å². The zero-order valence-corrected chi connectivity index (χ0v) is 21.9. The number of hydroxylamine groups is 1. The van der Waals surface area contributed by atoms with Crippen molar-refractivity contribution in [2.45, 2.75) is 95.2 Å². The molecule has 0 spiro atoms. The van der Waals surface area contributed by atoms with E-state index in [-0.39, 0.29) is 30.1 Å². The summed E-state index contributed by atoms with van der Waals surface area (Å²) in [5.41, 5.74) is 9.40. The summed E-state index contributed by atoms with van der Waals surface area (Å²) in [5, 5.41) is 3.55. The Morgan fingerprint density at radius 2 is 1.86 bits per heavy atom. The summed E-state index contributed by atoms with van der Waals surface area (Å²) in [5.74, 6) is 1.53. The van der Waals surface area contributed by atoms with Crippen LogP contribution in [0.4, 0.5) is 0 Å². The predicted octanol–water partition coefficient (Wildman–Crippen LogP) is 1.09. The number of carbonyl (C=O) groups excluding carboxylic acids is 2. The molecule has 10 nitrogen and oxygen atoms in total. The molecule has 2 saturated carbocycles. The Hall–Kier alpha value is -1.30. The van der Waals surface area contributed by atoms with Crippen LogP contribution in [0.2, 0.25) is 0 Å². The summed E-state index contributed by atoms with van der Waals surface area (Å²) < 4.78 is 5.49. The monoisotopic (exact) mass is 506 g/mol. The van der Waals surface area contributed by atoms with Crippen molar-refractivity contribution >= 4 is 11.8 Å². The summed E-state index contributed by atoms with van der Waals surface area (Å²) in [6.45, 7) is 4.41. The van der Waals surface area contributed by atoms with Crippen LogP contribution >= 0.6 is 0 Å². The molecule has 0 aromatic heterocycles. The van der Waals surface area contributed by atoms with Gasteiger partial charge in [0.25, 0.3) is 0 Å². The molecule has 204 valence electrons. The number of rotatable bonds is 7. The maximum atomic E-state index is 13.0. The molecule has 3 saturated heterocycles. The second kappa shape index (κ2) is 12.5. The molecule has 2 amide bonds. The number of nitrogens with one attached hydrogen (secondary N) is 4.